The van der Waals surface area contributed by atoms with Crippen LogP contribution in [0.3, 0.4) is 0 Å². The summed E-state index contributed by atoms with van der Waals surface area (Å²) in [6, 6.07) is 11.0. The number of aromatic nitrogens is 4. The number of rotatable bonds is 6. The highest BCUT2D eigenvalue weighted by Gasteiger charge is 2.26. The number of nitrogens with zero attached hydrogens (tertiary/aromatic N) is 7. The summed E-state index contributed by atoms with van der Waals surface area (Å²) in [6.07, 6.45) is 9.49. The van der Waals surface area contributed by atoms with E-state index in [-0.39, 0.29) is 0 Å². The van der Waals surface area contributed by atoms with Crippen LogP contribution < -0.4 is 4.90 Å². The molecule has 4 aromatic heterocycles. The summed E-state index contributed by atoms with van der Waals surface area (Å²) in [5.74, 6) is 0.999. The standard InChI is InChI=1S/C26H31N7S/c1-30(23-8-2-5-20-6-3-10-27-25(20)23)17-21-18-33-24(29-21)9-11-28-26(33)32-14-12-31(13-15-32)19-22-7-4-16-34-22/h3-4,6-7,9-11,16,18,23H,2,5,8,12-15,17,19H2,1H3/t23-/m0/s1. The third-order valence-electron chi connectivity index (χ3n) is 7.14. The molecule has 4 aromatic rings. The Balaban J connectivity index is 1.16. The molecule has 1 fully saturated rings. The van der Waals surface area contributed by atoms with Crippen LogP contribution >= 0.6 is 11.3 Å². The molecule has 0 bridgehead atoms. The van der Waals surface area contributed by atoms with Gasteiger partial charge in [0.15, 0.2) is 0 Å². The molecule has 2 aliphatic rings. The van der Waals surface area contributed by atoms with Crippen molar-refractivity contribution in [3.8, 4) is 0 Å². The van der Waals surface area contributed by atoms with Crippen molar-refractivity contribution in [2.75, 3.05) is 38.1 Å². The topological polar surface area (TPSA) is 52.8 Å². The van der Waals surface area contributed by atoms with Crippen molar-refractivity contribution in [3.05, 3.63) is 76.1 Å². The van der Waals surface area contributed by atoms with Crippen molar-refractivity contribution in [2.24, 2.45) is 0 Å². The second-order valence-corrected chi connectivity index (χ2v) is 10.5. The predicted octanol–water partition coefficient (Wildman–Crippen LogP) is 4.02. The fraction of sp³-hybridized carbons (Fsp3) is 0.423. The molecule has 5 heterocycles. The molecule has 0 unspecified atom stereocenters. The van der Waals surface area contributed by atoms with E-state index < -0.39 is 0 Å². The van der Waals surface area contributed by atoms with Gasteiger partial charge >= 0.3 is 0 Å². The molecular weight excluding hydrogens is 442 g/mol. The molecule has 0 spiro atoms. The van der Waals surface area contributed by atoms with E-state index in [9.17, 15) is 0 Å². The lowest BCUT2D eigenvalue weighted by Crippen LogP contribution is -2.46. The van der Waals surface area contributed by atoms with E-state index >= 15 is 0 Å². The van der Waals surface area contributed by atoms with E-state index in [4.69, 9.17) is 15.0 Å². The van der Waals surface area contributed by atoms with Crippen molar-refractivity contribution in [1.29, 1.82) is 0 Å². The second-order valence-electron chi connectivity index (χ2n) is 9.42. The predicted molar refractivity (Wildman–Crippen MR) is 136 cm³/mol. The lowest BCUT2D eigenvalue weighted by atomic mass is 9.91. The van der Waals surface area contributed by atoms with E-state index in [1.165, 1.54) is 22.6 Å². The Bertz CT molecular complexity index is 1240. The third-order valence-corrected chi connectivity index (χ3v) is 8.00. The van der Waals surface area contributed by atoms with Crippen LogP contribution in [-0.4, -0.2) is 62.4 Å². The van der Waals surface area contributed by atoms with Gasteiger partial charge in [0, 0.05) is 62.7 Å². The number of imidazole rings is 1. The van der Waals surface area contributed by atoms with Gasteiger partial charge in [0.1, 0.15) is 5.65 Å². The van der Waals surface area contributed by atoms with Gasteiger partial charge in [-0.3, -0.25) is 19.2 Å². The van der Waals surface area contributed by atoms with E-state index in [1.54, 1.807) is 0 Å². The summed E-state index contributed by atoms with van der Waals surface area (Å²) in [5, 5.41) is 2.16. The van der Waals surface area contributed by atoms with Gasteiger partial charge in [0.25, 0.3) is 0 Å². The number of anilines is 1. The van der Waals surface area contributed by atoms with Gasteiger partial charge in [-0.2, -0.15) is 0 Å². The van der Waals surface area contributed by atoms with Crippen LogP contribution in [0.2, 0.25) is 0 Å². The molecule has 1 saturated heterocycles. The number of aryl methyl sites for hydroxylation is 1. The summed E-state index contributed by atoms with van der Waals surface area (Å²) in [4.78, 5) is 23.2. The van der Waals surface area contributed by atoms with Crippen LogP contribution in [0, 0.1) is 0 Å². The van der Waals surface area contributed by atoms with Gasteiger partial charge in [-0.15, -0.1) is 11.3 Å². The number of hydrogen-bond acceptors (Lipinski definition) is 7. The van der Waals surface area contributed by atoms with Crippen molar-refractivity contribution < 1.29 is 0 Å². The summed E-state index contributed by atoms with van der Waals surface area (Å²) < 4.78 is 2.17. The van der Waals surface area contributed by atoms with Crippen LogP contribution in [0.15, 0.2) is 54.3 Å². The molecule has 6 rings (SSSR count). The molecule has 0 amide bonds. The molecule has 0 N–H and O–H groups in total. The number of hydrogen-bond donors (Lipinski definition) is 0. The lowest BCUT2D eigenvalue weighted by Gasteiger charge is -2.35. The number of thiophene rings is 1. The minimum Gasteiger partial charge on any atom is -0.339 e. The molecule has 176 valence electrons. The van der Waals surface area contributed by atoms with Crippen molar-refractivity contribution >= 4 is 22.9 Å². The maximum atomic E-state index is 4.95. The van der Waals surface area contributed by atoms with Crippen molar-refractivity contribution in [3.63, 3.8) is 0 Å². The Labute approximate surface area is 204 Å². The summed E-state index contributed by atoms with van der Waals surface area (Å²) in [7, 11) is 2.20. The Hall–Kier alpha value is -2.81. The van der Waals surface area contributed by atoms with Gasteiger partial charge in [-0.25, -0.2) is 9.97 Å². The maximum Gasteiger partial charge on any atom is 0.211 e. The molecule has 34 heavy (non-hydrogen) atoms. The normalized spacial score (nSPS) is 19.1. The smallest absolute Gasteiger partial charge is 0.211 e. The molecule has 1 aliphatic heterocycles. The second kappa shape index (κ2) is 9.44. The third kappa shape index (κ3) is 4.33. The van der Waals surface area contributed by atoms with E-state index in [0.717, 1.165) is 69.4 Å². The fourth-order valence-corrected chi connectivity index (χ4v) is 6.12. The van der Waals surface area contributed by atoms with E-state index in [2.05, 4.69) is 62.0 Å². The average molecular weight is 474 g/mol. The van der Waals surface area contributed by atoms with Gasteiger partial charge < -0.3 is 4.90 Å². The zero-order valence-corrected chi connectivity index (χ0v) is 20.5. The summed E-state index contributed by atoms with van der Waals surface area (Å²) in [6.45, 7) is 5.91. The number of fused-ring (bicyclic) bond motifs is 2. The maximum absolute atomic E-state index is 4.95. The highest BCUT2D eigenvalue weighted by molar-refractivity contribution is 7.09. The molecule has 1 aliphatic carbocycles. The van der Waals surface area contributed by atoms with Crippen molar-refractivity contribution in [1.82, 2.24) is 29.2 Å². The Kier molecular flexibility index (Phi) is 6.03. The molecule has 1 atom stereocenters. The van der Waals surface area contributed by atoms with Crippen LogP contribution in [0.1, 0.15) is 40.7 Å². The largest absolute Gasteiger partial charge is 0.339 e. The van der Waals surface area contributed by atoms with Gasteiger partial charge in [-0.05, 0) is 55.5 Å². The Morgan fingerprint density at radius 1 is 1.06 bits per heavy atom. The Morgan fingerprint density at radius 2 is 1.97 bits per heavy atom. The molecule has 0 aromatic carbocycles. The zero-order chi connectivity index (χ0) is 22.9. The SMILES string of the molecule is CN(Cc1cn2c(N3CCN(Cc4cccs4)CC3)nccc2n1)[C@H]1CCCc2cccnc21. The molecule has 8 heteroatoms. The first-order valence-electron chi connectivity index (χ1n) is 12.2. The summed E-state index contributed by atoms with van der Waals surface area (Å²) >= 11 is 1.84. The lowest BCUT2D eigenvalue weighted by molar-refractivity contribution is 0.206. The van der Waals surface area contributed by atoms with Crippen LogP contribution in [0.4, 0.5) is 5.95 Å². The van der Waals surface area contributed by atoms with Crippen LogP contribution in [-0.2, 0) is 19.5 Å². The molecule has 0 radical (unpaired) electrons. The zero-order valence-electron chi connectivity index (χ0n) is 19.7. The minimum atomic E-state index is 0.351. The molecular formula is C26H31N7S. The average Bonchev–Trinajstić information content (AvgIpc) is 3.53. The summed E-state index contributed by atoms with van der Waals surface area (Å²) in [5.41, 5.74) is 4.68. The van der Waals surface area contributed by atoms with E-state index in [1.807, 2.05) is 29.8 Å². The Morgan fingerprint density at radius 3 is 2.82 bits per heavy atom. The number of piperazine rings is 1. The quantitative estimate of drug-likeness (QED) is 0.422. The van der Waals surface area contributed by atoms with Gasteiger partial charge in [-0.1, -0.05) is 12.1 Å². The fourth-order valence-electron chi connectivity index (χ4n) is 5.37. The van der Waals surface area contributed by atoms with Gasteiger partial charge in [0.05, 0.1) is 17.4 Å². The van der Waals surface area contributed by atoms with Crippen molar-refractivity contribution in [2.45, 2.75) is 38.4 Å². The molecule has 0 saturated carbocycles. The highest BCUT2D eigenvalue weighted by atomic mass is 32.1. The van der Waals surface area contributed by atoms with E-state index in [0.29, 0.717) is 6.04 Å². The van der Waals surface area contributed by atoms with Crippen LogP contribution in [0.25, 0.3) is 5.65 Å². The first kappa shape index (κ1) is 21.7. The van der Waals surface area contributed by atoms with Crippen LogP contribution in [0.5, 0.6) is 0 Å². The first-order valence-corrected chi connectivity index (χ1v) is 13.1. The number of pyridine rings is 1. The highest BCUT2D eigenvalue weighted by Crippen LogP contribution is 2.32. The first-order chi connectivity index (χ1) is 16.7. The monoisotopic (exact) mass is 473 g/mol. The molecule has 7 nitrogen and oxygen atoms in total. The van der Waals surface area contributed by atoms with Gasteiger partial charge in [0.2, 0.25) is 5.95 Å². The minimum absolute atomic E-state index is 0.351.